The van der Waals surface area contributed by atoms with Crippen molar-refractivity contribution in [3.63, 3.8) is 0 Å². The topological polar surface area (TPSA) is 12.0 Å². The first-order valence-electron chi connectivity index (χ1n) is 6.22. The molecule has 0 spiro atoms. The highest BCUT2D eigenvalue weighted by Gasteiger charge is 2.16. The van der Waals surface area contributed by atoms with Gasteiger partial charge in [0.25, 0.3) is 0 Å². The summed E-state index contributed by atoms with van der Waals surface area (Å²) in [6.45, 7) is 4.55. The van der Waals surface area contributed by atoms with Crippen LogP contribution in [0.2, 0.25) is 0 Å². The van der Waals surface area contributed by atoms with Gasteiger partial charge in [-0.3, -0.25) is 0 Å². The number of piperidine rings is 1. The predicted octanol–water partition coefficient (Wildman–Crippen LogP) is 3.32. The van der Waals surface area contributed by atoms with Crippen molar-refractivity contribution in [2.45, 2.75) is 32.1 Å². The van der Waals surface area contributed by atoms with E-state index in [9.17, 15) is 4.39 Å². The third-order valence-electron chi connectivity index (χ3n) is 3.58. The average molecular weight is 221 g/mol. The van der Waals surface area contributed by atoms with E-state index in [0.717, 1.165) is 19.0 Å². The van der Waals surface area contributed by atoms with E-state index in [1.807, 2.05) is 12.1 Å². The molecule has 1 aliphatic heterocycles. The maximum absolute atomic E-state index is 12.8. The van der Waals surface area contributed by atoms with Crippen LogP contribution in [0.1, 0.15) is 37.7 Å². The van der Waals surface area contributed by atoms with Crippen molar-refractivity contribution < 1.29 is 4.39 Å². The molecule has 1 aromatic rings. The van der Waals surface area contributed by atoms with Crippen LogP contribution in [-0.4, -0.2) is 13.1 Å². The van der Waals surface area contributed by atoms with Crippen LogP contribution in [0.3, 0.4) is 0 Å². The molecule has 1 N–H and O–H groups in total. The highest BCUT2D eigenvalue weighted by molar-refractivity contribution is 5.19. The molecule has 1 fully saturated rings. The van der Waals surface area contributed by atoms with Gasteiger partial charge in [-0.2, -0.15) is 0 Å². The van der Waals surface area contributed by atoms with Crippen molar-refractivity contribution >= 4 is 0 Å². The van der Waals surface area contributed by atoms with Gasteiger partial charge in [-0.05, 0) is 61.9 Å². The van der Waals surface area contributed by atoms with Gasteiger partial charge in [-0.15, -0.1) is 0 Å². The Morgan fingerprint density at radius 2 is 1.88 bits per heavy atom. The molecule has 1 unspecified atom stereocenters. The Labute approximate surface area is 97.1 Å². The summed E-state index contributed by atoms with van der Waals surface area (Å²) in [5, 5.41) is 3.39. The van der Waals surface area contributed by atoms with Gasteiger partial charge in [0, 0.05) is 0 Å². The Hall–Kier alpha value is -0.890. The number of hydrogen-bond acceptors (Lipinski definition) is 1. The number of halogens is 1. The Morgan fingerprint density at radius 1 is 1.25 bits per heavy atom. The Bertz CT molecular complexity index is 314. The normalized spacial score (nSPS) is 19.6. The van der Waals surface area contributed by atoms with E-state index < -0.39 is 0 Å². The number of rotatable bonds is 3. The van der Waals surface area contributed by atoms with Crippen molar-refractivity contribution in [1.29, 1.82) is 0 Å². The SMILES string of the molecule is CC(CC1CCNCC1)c1ccc(F)cc1. The third-order valence-corrected chi connectivity index (χ3v) is 3.58. The zero-order valence-electron chi connectivity index (χ0n) is 9.88. The first-order valence-corrected chi connectivity index (χ1v) is 6.22. The molecule has 0 aliphatic carbocycles. The molecule has 1 aromatic carbocycles. The second-order valence-electron chi connectivity index (χ2n) is 4.88. The van der Waals surface area contributed by atoms with Crippen molar-refractivity contribution in [3.05, 3.63) is 35.6 Å². The van der Waals surface area contributed by atoms with Gasteiger partial charge in [0.05, 0.1) is 0 Å². The zero-order chi connectivity index (χ0) is 11.4. The van der Waals surface area contributed by atoms with Gasteiger partial charge in [-0.25, -0.2) is 4.39 Å². The number of nitrogens with one attached hydrogen (secondary N) is 1. The van der Waals surface area contributed by atoms with E-state index in [1.165, 1.54) is 24.8 Å². The second-order valence-corrected chi connectivity index (χ2v) is 4.88. The van der Waals surface area contributed by atoms with Crippen molar-refractivity contribution in [1.82, 2.24) is 5.32 Å². The summed E-state index contributed by atoms with van der Waals surface area (Å²) < 4.78 is 12.8. The fraction of sp³-hybridized carbons (Fsp3) is 0.571. The predicted molar refractivity (Wildman–Crippen MR) is 65.0 cm³/mol. The quantitative estimate of drug-likeness (QED) is 0.825. The summed E-state index contributed by atoms with van der Waals surface area (Å²) in [4.78, 5) is 0. The molecule has 1 heterocycles. The minimum atomic E-state index is -0.141. The fourth-order valence-corrected chi connectivity index (χ4v) is 2.54. The summed E-state index contributed by atoms with van der Waals surface area (Å²) in [6.07, 6.45) is 3.80. The van der Waals surface area contributed by atoms with E-state index in [4.69, 9.17) is 0 Å². The largest absolute Gasteiger partial charge is 0.317 e. The molecule has 2 heteroatoms. The highest BCUT2D eigenvalue weighted by Crippen LogP contribution is 2.27. The Kier molecular flexibility index (Phi) is 3.94. The van der Waals surface area contributed by atoms with Crippen LogP contribution in [-0.2, 0) is 0 Å². The van der Waals surface area contributed by atoms with E-state index >= 15 is 0 Å². The van der Waals surface area contributed by atoms with E-state index in [-0.39, 0.29) is 5.82 Å². The molecule has 0 radical (unpaired) electrons. The number of benzene rings is 1. The second kappa shape index (κ2) is 5.44. The molecule has 1 aliphatic rings. The van der Waals surface area contributed by atoms with Gasteiger partial charge >= 0.3 is 0 Å². The molecule has 16 heavy (non-hydrogen) atoms. The van der Waals surface area contributed by atoms with E-state index in [2.05, 4.69) is 12.2 Å². The molecule has 0 saturated carbocycles. The van der Waals surface area contributed by atoms with Crippen molar-refractivity contribution in [3.8, 4) is 0 Å². The molecule has 1 nitrogen and oxygen atoms in total. The minimum absolute atomic E-state index is 0.141. The summed E-state index contributed by atoms with van der Waals surface area (Å²) in [6, 6.07) is 6.96. The lowest BCUT2D eigenvalue weighted by atomic mass is 9.85. The van der Waals surface area contributed by atoms with E-state index in [0.29, 0.717) is 5.92 Å². The lowest BCUT2D eigenvalue weighted by Crippen LogP contribution is -2.28. The smallest absolute Gasteiger partial charge is 0.123 e. The maximum Gasteiger partial charge on any atom is 0.123 e. The molecule has 2 rings (SSSR count). The third kappa shape index (κ3) is 3.05. The standard InChI is InChI=1S/C14H20FN/c1-11(10-12-6-8-16-9-7-12)13-2-4-14(15)5-3-13/h2-5,11-12,16H,6-10H2,1H3. The van der Waals surface area contributed by atoms with Crippen molar-refractivity contribution in [2.24, 2.45) is 5.92 Å². The van der Waals surface area contributed by atoms with Crippen LogP contribution in [0.5, 0.6) is 0 Å². The molecule has 1 saturated heterocycles. The van der Waals surface area contributed by atoms with Crippen molar-refractivity contribution in [2.75, 3.05) is 13.1 Å². The summed E-state index contributed by atoms with van der Waals surface area (Å²) >= 11 is 0. The van der Waals surface area contributed by atoms with Gasteiger partial charge in [0.1, 0.15) is 5.82 Å². The van der Waals surface area contributed by atoms with E-state index in [1.54, 1.807) is 12.1 Å². The Balaban J connectivity index is 1.91. The summed E-state index contributed by atoms with van der Waals surface area (Å²) in [5.41, 5.74) is 1.26. The van der Waals surface area contributed by atoms with Gasteiger partial charge < -0.3 is 5.32 Å². The fourth-order valence-electron chi connectivity index (χ4n) is 2.54. The number of hydrogen-bond donors (Lipinski definition) is 1. The minimum Gasteiger partial charge on any atom is -0.317 e. The van der Waals surface area contributed by atoms with Gasteiger partial charge in [-0.1, -0.05) is 19.1 Å². The van der Waals surface area contributed by atoms with Crippen LogP contribution >= 0.6 is 0 Å². The molecular formula is C14H20FN. The first kappa shape index (κ1) is 11.6. The van der Waals surface area contributed by atoms with Gasteiger partial charge in [0.2, 0.25) is 0 Å². The molecule has 0 aromatic heterocycles. The zero-order valence-corrected chi connectivity index (χ0v) is 9.88. The Morgan fingerprint density at radius 3 is 2.50 bits per heavy atom. The maximum atomic E-state index is 12.8. The van der Waals surface area contributed by atoms with Crippen LogP contribution in [0.25, 0.3) is 0 Å². The molecular weight excluding hydrogens is 201 g/mol. The van der Waals surface area contributed by atoms with Crippen LogP contribution in [0.15, 0.2) is 24.3 Å². The monoisotopic (exact) mass is 221 g/mol. The lowest BCUT2D eigenvalue weighted by Gasteiger charge is -2.25. The summed E-state index contributed by atoms with van der Waals surface area (Å²) in [5.74, 6) is 1.24. The average Bonchev–Trinajstić information content (AvgIpc) is 2.31. The summed E-state index contributed by atoms with van der Waals surface area (Å²) in [7, 11) is 0. The molecule has 1 atom stereocenters. The van der Waals surface area contributed by atoms with Crippen LogP contribution < -0.4 is 5.32 Å². The lowest BCUT2D eigenvalue weighted by molar-refractivity contribution is 0.336. The molecule has 88 valence electrons. The molecule has 0 amide bonds. The highest BCUT2D eigenvalue weighted by atomic mass is 19.1. The van der Waals surface area contributed by atoms with Crippen LogP contribution in [0, 0.1) is 11.7 Å². The van der Waals surface area contributed by atoms with Gasteiger partial charge in [0.15, 0.2) is 0 Å². The first-order chi connectivity index (χ1) is 7.75. The molecule has 0 bridgehead atoms. The van der Waals surface area contributed by atoms with Crippen LogP contribution in [0.4, 0.5) is 4.39 Å².